The molecule has 0 saturated carbocycles. The first-order valence-corrected chi connectivity index (χ1v) is 8.07. The van der Waals surface area contributed by atoms with Crippen molar-refractivity contribution in [2.24, 2.45) is 0 Å². The van der Waals surface area contributed by atoms with Crippen LogP contribution in [0, 0.1) is 0 Å². The van der Waals surface area contributed by atoms with E-state index in [1.165, 1.54) is 4.90 Å². The van der Waals surface area contributed by atoms with E-state index in [4.69, 9.17) is 0 Å². The zero-order valence-electron chi connectivity index (χ0n) is 13.3. The van der Waals surface area contributed by atoms with E-state index >= 15 is 0 Å². The Morgan fingerprint density at radius 3 is 2.04 bits per heavy atom. The van der Waals surface area contributed by atoms with Crippen molar-refractivity contribution in [2.75, 3.05) is 18.0 Å². The highest BCUT2D eigenvalue weighted by Gasteiger charge is 2.34. The number of carbonyl (C=O) groups is 2. The molecule has 124 valence electrons. The summed E-state index contributed by atoms with van der Waals surface area (Å²) >= 11 is 0. The predicted octanol–water partition coefficient (Wildman–Crippen LogP) is 2.90. The third-order valence-electron chi connectivity index (χ3n) is 4.29. The molecule has 1 amide bonds. The third kappa shape index (κ3) is 3.40. The maximum atomic E-state index is 12.7. The minimum absolute atomic E-state index is 0.123. The number of nitrogens with zero attached hydrogens (tertiary/aromatic N) is 2. The van der Waals surface area contributed by atoms with E-state index in [9.17, 15) is 14.7 Å². The van der Waals surface area contributed by atoms with Crippen LogP contribution in [-0.4, -0.2) is 41.0 Å². The van der Waals surface area contributed by atoms with Crippen molar-refractivity contribution >= 4 is 23.3 Å². The molecule has 1 N–H and O–H groups in total. The molecule has 1 aliphatic heterocycles. The number of para-hydroxylation sites is 2. The van der Waals surface area contributed by atoms with E-state index in [2.05, 4.69) is 0 Å². The molecule has 3 rings (SSSR count). The Hall–Kier alpha value is -2.82. The van der Waals surface area contributed by atoms with Crippen LogP contribution in [0.4, 0.5) is 11.4 Å². The third-order valence-corrected chi connectivity index (χ3v) is 4.29. The number of likely N-dealkylation sites (tertiary alicyclic amines) is 1. The van der Waals surface area contributed by atoms with Crippen molar-refractivity contribution < 1.29 is 14.7 Å². The molecule has 0 aromatic heterocycles. The molecule has 5 nitrogen and oxygen atoms in total. The predicted molar refractivity (Wildman–Crippen MR) is 92.3 cm³/mol. The Morgan fingerprint density at radius 1 is 1.00 bits per heavy atom. The van der Waals surface area contributed by atoms with Crippen LogP contribution in [0.15, 0.2) is 60.7 Å². The monoisotopic (exact) mass is 324 g/mol. The number of carboxylic acids is 1. The molecule has 1 heterocycles. The molecule has 0 bridgehead atoms. The van der Waals surface area contributed by atoms with E-state index in [-0.39, 0.29) is 12.5 Å². The summed E-state index contributed by atoms with van der Waals surface area (Å²) < 4.78 is 0. The Bertz CT molecular complexity index is 664. The largest absolute Gasteiger partial charge is 0.480 e. The van der Waals surface area contributed by atoms with Gasteiger partial charge in [-0.3, -0.25) is 4.79 Å². The molecule has 0 radical (unpaired) electrons. The smallest absolute Gasteiger partial charge is 0.326 e. The summed E-state index contributed by atoms with van der Waals surface area (Å²) in [5.74, 6) is -1.08. The summed E-state index contributed by atoms with van der Waals surface area (Å²) in [5.41, 5.74) is 1.81. The lowest BCUT2D eigenvalue weighted by atomic mass is 10.2. The first-order valence-electron chi connectivity index (χ1n) is 8.07. The van der Waals surface area contributed by atoms with E-state index in [0.717, 1.165) is 17.8 Å². The fourth-order valence-corrected chi connectivity index (χ4v) is 3.10. The Labute approximate surface area is 141 Å². The summed E-state index contributed by atoms with van der Waals surface area (Å²) in [6.45, 7) is 0.630. The summed E-state index contributed by atoms with van der Waals surface area (Å²) in [6, 6.07) is 18.6. The van der Waals surface area contributed by atoms with Crippen LogP contribution in [0.2, 0.25) is 0 Å². The molecule has 24 heavy (non-hydrogen) atoms. The molecular formula is C19H20N2O3. The fraction of sp³-hybridized carbons (Fsp3) is 0.263. The number of benzene rings is 2. The zero-order valence-corrected chi connectivity index (χ0v) is 13.3. The maximum Gasteiger partial charge on any atom is 0.326 e. The van der Waals surface area contributed by atoms with Crippen molar-refractivity contribution in [1.29, 1.82) is 0 Å². The normalized spacial score (nSPS) is 16.8. The number of anilines is 2. The summed E-state index contributed by atoms with van der Waals surface area (Å²) in [5, 5.41) is 9.29. The van der Waals surface area contributed by atoms with Crippen LogP contribution < -0.4 is 4.90 Å². The molecule has 1 fully saturated rings. The molecule has 0 aliphatic carbocycles. The van der Waals surface area contributed by atoms with Crippen LogP contribution in [0.1, 0.15) is 12.8 Å². The second kappa shape index (κ2) is 7.17. The Kier molecular flexibility index (Phi) is 4.79. The van der Waals surface area contributed by atoms with Gasteiger partial charge in [0.1, 0.15) is 12.6 Å². The van der Waals surface area contributed by atoms with Crippen LogP contribution in [-0.2, 0) is 9.59 Å². The van der Waals surface area contributed by atoms with Gasteiger partial charge in [-0.2, -0.15) is 0 Å². The van der Waals surface area contributed by atoms with E-state index in [1.54, 1.807) is 0 Å². The zero-order chi connectivity index (χ0) is 16.9. The van der Waals surface area contributed by atoms with Gasteiger partial charge >= 0.3 is 5.97 Å². The standard InChI is InChI=1S/C19H20N2O3/c22-18(20-13-7-12-17(20)19(23)24)14-21(15-8-3-1-4-9-15)16-10-5-2-6-11-16/h1-6,8-11,17H,7,12-14H2,(H,23,24). The number of hydrogen-bond donors (Lipinski definition) is 1. The summed E-state index contributed by atoms with van der Waals surface area (Å²) in [6.07, 6.45) is 1.26. The highest BCUT2D eigenvalue weighted by atomic mass is 16.4. The molecule has 1 aliphatic rings. The average Bonchev–Trinajstić information content (AvgIpc) is 3.11. The van der Waals surface area contributed by atoms with Gasteiger partial charge in [0.2, 0.25) is 5.91 Å². The molecule has 0 spiro atoms. The van der Waals surface area contributed by atoms with Crippen molar-refractivity contribution in [3.8, 4) is 0 Å². The lowest BCUT2D eigenvalue weighted by molar-refractivity contribution is -0.147. The van der Waals surface area contributed by atoms with Gasteiger partial charge in [-0.1, -0.05) is 36.4 Å². The van der Waals surface area contributed by atoms with Gasteiger partial charge in [0.15, 0.2) is 0 Å². The van der Waals surface area contributed by atoms with Crippen LogP contribution in [0.3, 0.4) is 0 Å². The van der Waals surface area contributed by atoms with Crippen molar-refractivity contribution in [2.45, 2.75) is 18.9 Å². The van der Waals surface area contributed by atoms with Crippen LogP contribution in [0.5, 0.6) is 0 Å². The van der Waals surface area contributed by atoms with Gasteiger partial charge in [0, 0.05) is 17.9 Å². The number of rotatable bonds is 5. The van der Waals surface area contributed by atoms with Gasteiger partial charge in [0.05, 0.1) is 0 Å². The number of amides is 1. The van der Waals surface area contributed by atoms with Crippen LogP contribution >= 0.6 is 0 Å². The number of hydrogen-bond acceptors (Lipinski definition) is 3. The molecular weight excluding hydrogens is 304 g/mol. The summed E-state index contributed by atoms with van der Waals surface area (Å²) in [7, 11) is 0. The van der Waals surface area contributed by atoms with E-state index < -0.39 is 12.0 Å². The minimum atomic E-state index is -0.924. The number of aliphatic carboxylic acids is 1. The molecule has 1 unspecified atom stereocenters. The number of carboxylic acid groups (broad SMARTS) is 1. The van der Waals surface area contributed by atoms with Gasteiger partial charge in [-0.15, -0.1) is 0 Å². The van der Waals surface area contributed by atoms with Crippen molar-refractivity contribution in [3.05, 3.63) is 60.7 Å². The van der Waals surface area contributed by atoms with Gasteiger partial charge in [-0.05, 0) is 37.1 Å². The van der Waals surface area contributed by atoms with E-state index in [0.29, 0.717) is 13.0 Å². The highest BCUT2D eigenvalue weighted by Crippen LogP contribution is 2.26. The molecule has 5 heteroatoms. The van der Waals surface area contributed by atoms with Gasteiger partial charge in [0.25, 0.3) is 0 Å². The first kappa shape index (κ1) is 16.1. The van der Waals surface area contributed by atoms with Crippen molar-refractivity contribution in [3.63, 3.8) is 0 Å². The maximum absolute atomic E-state index is 12.7. The average molecular weight is 324 g/mol. The SMILES string of the molecule is O=C(O)C1CCCN1C(=O)CN(c1ccccc1)c1ccccc1. The van der Waals surface area contributed by atoms with E-state index in [1.807, 2.05) is 65.6 Å². The topological polar surface area (TPSA) is 60.9 Å². The first-order chi connectivity index (χ1) is 11.7. The second-order valence-electron chi connectivity index (χ2n) is 5.84. The van der Waals surface area contributed by atoms with Gasteiger partial charge in [-0.25, -0.2) is 4.79 Å². The minimum Gasteiger partial charge on any atom is -0.480 e. The van der Waals surface area contributed by atoms with Crippen molar-refractivity contribution in [1.82, 2.24) is 4.90 Å². The molecule has 1 atom stereocenters. The lowest BCUT2D eigenvalue weighted by Gasteiger charge is -2.28. The molecule has 2 aromatic carbocycles. The lowest BCUT2D eigenvalue weighted by Crippen LogP contribution is -2.44. The Morgan fingerprint density at radius 2 is 1.54 bits per heavy atom. The van der Waals surface area contributed by atoms with Gasteiger partial charge < -0.3 is 14.9 Å². The fourth-order valence-electron chi connectivity index (χ4n) is 3.10. The molecule has 1 saturated heterocycles. The number of carbonyl (C=O) groups excluding carboxylic acids is 1. The Balaban J connectivity index is 1.85. The molecule has 2 aromatic rings. The highest BCUT2D eigenvalue weighted by molar-refractivity contribution is 5.88. The summed E-state index contributed by atoms with van der Waals surface area (Å²) in [4.78, 5) is 27.5. The van der Waals surface area contributed by atoms with Crippen LogP contribution in [0.25, 0.3) is 0 Å². The quantitative estimate of drug-likeness (QED) is 0.919. The second-order valence-corrected chi connectivity index (χ2v) is 5.84.